The maximum Gasteiger partial charge on any atom is 0.164 e. The fraction of sp³-hybridized carbons (Fsp3) is 0.250. The molecule has 6 N–H and O–H groups in total. The molecular weight excluding hydrogens is 468 g/mol. The number of aliphatic hydroxyl groups is 2. The summed E-state index contributed by atoms with van der Waals surface area (Å²) in [6, 6.07) is 9.03. The van der Waals surface area contributed by atoms with Crippen molar-refractivity contribution in [2.24, 2.45) is 0 Å². The van der Waals surface area contributed by atoms with E-state index in [0.29, 0.717) is 33.9 Å². The Kier molecular flexibility index (Phi) is 4.89. The molecule has 11 heteroatoms. The van der Waals surface area contributed by atoms with Gasteiger partial charge in [0.1, 0.15) is 54.3 Å². The molecule has 4 aromatic rings. The minimum absolute atomic E-state index is 0.0303. The highest BCUT2D eigenvalue weighted by Crippen LogP contribution is 2.33. The third-order valence-corrected chi connectivity index (χ3v) is 5.97. The van der Waals surface area contributed by atoms with Crippen LogP contribution in [0.4, 0.5) is 11.6 Å². The first-order chi connectivity index (χ1) is 14.9. The zero-order valence-corrected chi connectivity index (χ0v) is 17.7. The lowest BCUT2D eigenvalue weighted by molar-refractivity contribution is -0.0471. The number of nitrogen functional groups attached to an aromatic ring is 2. The van der Waals surface area contributed by atoms with E-state index in [0.717, 1.165) is 9.86 Å². The van der Waals surface area contributed by atoms with E-state index in [1.54, 1.807) is 29.0 Å². The largest absolute Gasteiger partial charge is 0.491 e. The summed E-state index contributed by atoms with van der Waals surface area (Å²) < 4.78 is 14.1. The maximum absolute atomic E-state index is 10.6. The van der Waals surface area contributed by atoms with Crippen molar-refractivity contribution in [3.63, 3.8) is 0 Å². The molecule has 0 radical (unpaired) electrons. The second-order valence-corrected chi connectivity index (χ2v) is 8.14. The monoisotopic (exact) mass is 486 g/mol. The molecule has 160 valence electrons. The van der Waals surface area contributed by atoms with E-state index in [9.17, 15) is 10.2 Å². The number of rotatable bonds is 4. The van der Waals surface area contributed by atoms with Crippen LogP contribution in [0.3, 0.4) is 0 Å². The van der Waals surface area contributed by atoms with Gasteiger partial charge in [0.15, 0.2) is 6.23 Å². The molecule has 1 saturated heterocycles. The Hall–Kier alpha value is -2.99. The highest BCUT2D eigenvalue weighted by Gasteiger charge is 2.44. The lowest BCUT2D eigenvalue weighted by atomic mass is 10.1. The molecule has 1 fully saturated rings. The predicted molar refractivity (Wildman–Crippen MR) is 117 cm³/mol. The molecule has 4 heterocycles. The highest BCUT2D eigenvalue weighted by atomic mass is 79.9. The molecule has 0 saturated carbocycles. The van der Waals surface area contributed by atoms with Crippen LogP contribution in [-0.2, 0) is 4.74 Å². The van der Waals surface area contributed by atoms with Crippen LogP contribution >= 0.6 is 15.9 Å². The first-order valence-electron chi connectivity index (χ1n) is 9.49. The summed E-state index contributed by atoms with van der Waals surface area (Å²) in [6.07, 6.45) is -0.883. The molecule has 3 aromatic heterocycles. The number of aliphatic hydroxyl groups excluding tert-OH is 2. The van der Waals surface area contributed by atoms with Gasteiger partial charge >= 0.3 is 0 Å². The minimum Gasteiger partial charge on any atom is -0.491 e. The second kappa shape index (κ2) is 7.61. The van der Waals surface area contributed by atoms with Crippen molar-refractivity contribution >= 4 is 49.5 Å². The molecule has 1 aliphatic heterocycles. The third kappa shape index (κ3) is 3.45. The van der Waals surface area contributed by atoms with Gasteiger partial charge in [0.05, 0.1) is 15.4 Å². The number of hydrogen-bond acceptors (Lipinski definition) is 9. The quantitative estimate of drug-likeness (QED) is 0.336. The number of hydrogen-bond donors (Lipinski definition) is 4. The number of halogens is 1. The number of pyridine rings is 1. The van der Waals surface area contributed by atoms with Crippen molar-refractivity contribution in [2.75, 3.05) is 18.1 Å². The van der Waals surface area contributed by atoms with Crippen LogP contribution in [0.2, 0.25) is 0 Å². The van der Waals surface area contributed by atoms with Crippen LogP contribution in [0.25, 0.3) is 21.9 Å². The Labute approximate surface area is 184 Å². The molecule has 0 aliphatic carbocycles. The van der Waals surface area contributed by atoms with Crippen molar-refractivity contribution in [1.82, 2.24) is 19.5 Å². The minimum atomic E-state index is -1.17. The topological polar surface area (TPSA) is 155 Å². The molecule has 1 aromatic carbocycles. The van der Waals surface area contributed by atoms with Gasteiger partial charge in [-0.05, 0) is 40.2 Å². The van der Waals surface area contributed by atoms with E-state index in [1.165, 1.54) is 6.33 Å². The van der Waals surface area contributed by atoms with E-state index < -0.39 is 24.5 Å². The molecule has 0 spiro atoms. The van der Waals surface area contributed by atoms with Gasteiger partial charge in [-0.3, -0.25) is 0 Å². The average molecular weight is 487 g/mol. The van der Waals surface area contributed by atoms with Gasteiger partial charge in [-0.2, -0.15) is 0 Å². The molecule has 4 atom stereocenters. The number of benzene rings is 1. The Morgan fingerprint density at radius 1 is 1.10 bits per heavy atom. The van der Waals surface area contributed by atoms with E-state index >= 15 is 0 Å². The number of ether oxygens (including phenoxy) is 2. The summed E-state index contributed by atoms with van der Waals surface area (Å²) in [5.41, 5.74) is 12.9. The van der Waals surface area contributed by atoms with Gasteiger partial charge in [0, 0.05) is 17.6 Å². The lowest BCUT2D eigenvalue weighted by Gasteiger charge is -2.17. The maximum atomic E-state index is 10.6. The van der Waals surface area contributed by atoms with E-state index in [-0.39, 0.29) is 6.61 Å². The summed E-state index contributed by atoms with van der Waals surface area (Å²) in [5, 5.41) is 22.6. The van der Waals surface area contributed by atoms with Gasteiger partial charge < -0.3 is 35.7 Å². The fourth-order valence-electron chi connectivity index (χ4n) is 3.70. The van der Waals surface area contributed by atoms with Gasteiger partial charge in [-0.15, -0.1) is 0 Å². The molecule has 0 bridgehead atoms. The summed E-state index contributed by atoms with van der Waals surface area (Å²) >= 11 is 3.36. The molecule has 10 nitrogen and oxygen atoms in total. The summed E-state index contributed by atoms with van der Waals surface area (Å²) in [6.45, 7) is 0.0303. The van der Waals surface area contributed by atoms with E-state index in [2.05, 4.69) is 30.9 Å². The van der Waals surface area contributed by atoms with Gasteiger partial charge in [-0.25, -0.2) is 15.0 Å². The summed E-state index contributed by atoms with van der Waals surface area (Å²) in [7, 11) is 0. The van der Waals surface area contributed by atoms with Crippen molar-refractivity contribution < 1.29 is 19.7 Å². The Balaban J connectivity index is 1.34. The van der Waals surface area contributed by atoms with Crippen LogP contribution < -0.4 is 16.2 Å². The van der Waals surface area contributed by atoms with Crippen LogP contribution in [-0.4, -0.2) is 54.7 Å². The normalized spacial score (nSPS) is 23.6. The number of fused-ring (bicyclic) bond motifs is 2. The Bertz CT molecular complexity index is 1280. The SMILES string of the molecule is Nc1nc2cc(OC[C@H]3OC(n4ccc5c(N)ncnc54)[C@H](O)[C@@H]3O)ccc2cc1Br. The van der Waals surface area contributed by atoms with Crippen molar-refractivity contribution in [3.05, 3.63) is 47.3 Å². The molecule has 1 aliphatic rings. The molecule has 0 amide bonds. The van der Waals surface area contributed by atoms with Crippen LogP contribution in [0, 0.1) is 0 Å². The van der Waals surface area contributed by atoms with Gasteiger partial charge in [-0.1, -0.05) is 0 Å². The van der Waals surface area contributed by atoms with E-state index in [1.807, 2.05) is 12.1 Å². The van der Waals surface area contributed by atoms with Gasteiger partial charge in [0.25, 0.3) is 0 Å². The third-order valence-electron chi connectivity index (χ3n) is 5.34. The Morgan fingerprint density at radius 3 is 2.77 bits per heavy atom. The predicted octanol–water partition coefficient (Wildman–Crippen LogP) is 1.60. The smallest absolute Gasteiger partial charge is 0.164 e. The van der Waals surface area contributed by atoms with Crippen molar-refractivity contribution in [3.8, 4) is 5.75 Å². The Morgan fingerprint density at radius 2 is 1.94 bits per heavy atom. The van der Waals surface area contributed by atoms with Crippen LogP contribution in [0.15, 0.2) is 47.3 Å². The molecule has 5 rings (SSSR count). The van der Waals surface area contributed by atoms with Crippen molar-refractivity contribution in [2.45, 2.75) is 24.5 Å². The number of nitrogens with zero attached hydrogens (tertiary/aromatic N) is 4. The lowest BCUT2D eigenvalue weighted by Crippen LogP contribution is -2.34. The summed E-state index contributed by atoms with van der Waals surface area (Å²) in [4.78, 5) is 12.5. The highest BCUT2D eigenvalue weighted by molar-refractivity contribution is 9.10. The number of anilines is 2. The molecule has 1 unspecified atom stereocenters. The number of aromatic nitrogens is 4. The first kappa shape index (κ1) is 19.9. The van der Waals surface area contributed by atoms with E-state index in [4.69, 9.17) is 20.9 Å². The summed E-state index contributed by atoms with van der Waals surface area (Å²) in [5.74, 6) is 1.25. The fourth-order valence-corrected chi connectivity index (χ4v) is 4.03. The first-order valence-corrected chi connectivity index (χ1v) is 10.3. The van der Waals surface area contributed by atoms with Crippen molar-refractivity contribution in [1.29, 1.82) is 0 Å². The average Bonchev–Trinajstić information content (AvgIpc) is 3.30. The van der Waals surface area contributed by atoms with Crippen LogP contribution in [0.1, 0.15) is 6.23 Å². The second-order valence-electron chi connectivity index (χ2n) is 7.29. The zero-order valence-electron chi connectivity index (χ0n) is 16.1. The molecular formula is C20H19BrN6O4. The number of nitrogens with two attached hydrogens (primary N) is 2. The van der Waals surface area contributed by atoms with Gasteiger partial charge in [0.2, 0.25) is 0 Å². The zero-order chi connectivity index (χ0) is 21.7. The standard InChI is InChI=1S/C20H19BrN6O4/c21-12-5-9-1-2-10(6-13(9)26-18(12)23)30-7-14-15(28)16(29)20(31-14)27-4-3-11-17(22)24-8-25-19(11)27/h1-6,8,14-16,20,28-29H,7H2,(H2,23,26)(H2,22,24,25)/t14-,15-,16-,20?/m1/s1. The van der Waals surface area contributed by atoms with Crippen LogP contribution in [0.5, 0.6) is 5.75 Å². The molecule has 31 heavy (non-hydrogen) atoms.